The van der Waals surface area contributed by atoms with Gasteiger partial charge in [0.25, 0.3) is 0 Å². The zero-order valence-electron chi connectivity index (χ0n) is 14.7. The summed E-state index contributed by atoms with van der Waals surface area (Å²) in [4.78, 5) is 8.70. The summed E-state index contributed by atoms with van der Waals surface area (Å²) in [6.45, 7) is 4.72. The van der Waals surface area contributed by atoms with Crippen molar-refractivity contribution in [2.24, 2.45) is 4.99 Å². The van der Waals surface area contributed by atoms with Crippen LogP contribution in [0.1, 0.15) is 43.9 Å². The van der Waals surface area contributed by atoms with Crippen molar-refractivity contribution in [1.29, 1.82) is 0 Å². The molecular formula is C17H29IN4OS. The summed E-state index contributed by atoms with van der Waals surface area (Å²) in [5.74, 6) is 1.55. The number of nitrogens with zero attached hydrogens (tertiary/aromatic N) is 2. The van der Waals surface area contributed by atoms with Gasteiger partial charge in [-0.1, -0.05) is 19.4 Å². The van der Waals surface area contributed by atoms with Crippen LogP contribution in [0, 0.1) is 6.92 Å². The number of aliphatic imine (C=N–C) groups is 1. The van der Waals surface area contributed by atoms with Gasteiger partial charge < -0.3 is 10.6 Å². The monoisotopic (exact) mass is 464 g/mol. The Morgan fingerprint density at radius 2 is 2.25 bits per heavy atom. The summed E-state index contributed by atoms with van der Waals surface area (Å²) in [5.41, 5.74) is 2.20. The van der Waals surface area contributed by atoms with E-state index in [0.29, 0.717) is 17.8 Å². The van der Waals surface area contributed by atoms with Crippen molar-refractivity contribution in [3.63, 3.8) is 0 Å². The Morgan fingerprint density at radius 3 is 2.92 bits per heavy atom. The van der Waals surface area contributed by atoms with Crippen molar-refractivity contribution >= 4 is 40.7 Å². The molecule has 3 atom stereocenters. The number of aromatic nitrogens is 1. The lowest BCUT2D eigenvalue weighted by atomic mass is 9.95. The maximum Gasteiger partial charge on any atom is 0.191 e. The largest absolute Gasteiger partial charge is 0.354 e. The van der Waals surface area contributed by atoms with Gasteiger partial charge in [0.2, 0.25) is 0 Å². The molecule has 0 bridgehead atoms. The minimum absolute atomic E-state index is 0. The van der Waals surface area contributed by atoms with Gasteiger partial charge >= 0.3 is 0 Å². The van der Waals surface area contributed by atoms with E-state index in [2.05, 4.69) is 33.6 Å². The fraction of sp³-hybridized carbons (Fsp3) is 0.647. The van der Waals surface area contributed by atoms with Crippen LogP contribution >= 0.6 is 24.0 Å². The molecule has 0 saturated heterocycles. The third-order valence-electron chi connectivity index (χ3n) is 4.39. The summed E-state index contributed by atoms with van der Waals surface area (Å²) in [5, 5.41) is 7.14. The lowest BCUT2D eigenvalue weighted by Gasteiger charge is -2.30. The molecule has 0 spiro atoms. The van der Waals surface area contributed by atoms with E-state index in [9.17, 15) is 4.21 Å². The first-order valence-electron chi connectivity index (χ1n) is 8.38. The number of hydrogen-bond acceptors (Lipinski definition) is 3. The van der Waals surface area contributed by atoms with Crippen LogP contribution in [-0.2, 0) is 17.3 Å². The van der Waals surface area contributed by atoms with E-state index < -0.39 is 10.8 Å². The molecule has 3 unspecified atom stereocenters. The predicted octanol–water partition coefficient (Wildman–Crippen LogP) is 2.75. The highest BCUT2D eigenvalue weighted by Crippen LogP contribution is 2.22. The van der Waals surface area contributed by atoms with Gasteiger partial charge in [-0.3, -0.25) is 14.2 Å². The highest BCUT2D eigenvalue weighted by Gasteiger charge is 2.26. The number of halogens is 1. The molecule has 2 N–H and O–H groups in total. The predicted molar refractivity (Wildman–Crippen MR) is 112 cm³/mol. The summed E-state index contributed by atoms with van der Waals surface area (Å²) in [7, 11) is 1.09. The highest BCUT2D eigenvalue weighted by atomic mass is 127. The molecule has 5 nitrogen and oxygen atoms in total. The van der Waals surface area contributed by atoms with Crippen molar-refractivity contribution in [3.05, 3.63) is 29.6 Å². The third kappa shape index (κ3) is 6.31. The van der Waals surface area contributed by atoms with Crippen LogP contribution in [0.15, 0.2) is 23.3 Å². The first-order valence-corrected chi connectivity index (χ1v) is 9.77. The Balaban J connectivity index is 0.00000288. The van der Waals surface area contributed by atoms with Gasteiger partial charge in [0, 0.05) is 41.1 Å². The molecule has 1 fully saturated rings. The van der Waals surface area contributed by atoms with Gasteiger partial charge in [0.15, 0.2) is 5.96 Å². The van der Waals surface area contributed by atoms with Crippen LogP contribution in [0.3, 0.4) is 0 Å². The van der Waals surface area contributed by atoms with Gasteiger partial charge in [0.1, 0.15) is 0 Å². The SMILES string of the molecule is CCS(=O)C1CCCC(NC(=NC)NCc2ncccc2C)C1.I. The lowest BCUT2D eigenvalue weighted by molar-refractivity contribution is 0.413. The van der Waals surface area contributed by atoms with Crippen molar-refractivity contribution in [1.82, 2.24) is 15.6 Å². The Kier molecular flexibility index (Phi) is 9.80. The second-order valence-corrected chi connectivity index (χ2v) is 8.00. The van der Waals surface area contributed by atoms with Crippen molar-refractivity contribution in [2.75, 3.05) is 12.8 Å². The minimum Gasteiger partial charge on any atom is -0.354 e. The Bertz CT molecular complexity index is 567. The number of rotatable bonds is 5. The number of nitrogens with one attached hydrogen (secondary N) is 2. The maximum absolute atomic E-state index is 12.0. The average molecular weight is 464 g/mol. The molecule has 1 aliphatic carbocycles. The summed E-state index contributed by atoms with van der Waals surface area (Å²) >= 11 is 0. The number of pyridine rings is 1. The van der Waals surface area contributed by atoms with Crippen molar-refractivity contribution < 1.29 is 4.21 Å². The van der Waals surface area contributed by atoms with E-state index in [1.165, 1.54) is 5.56 Å². The molecule has 0 aromatic carbocycles. The molecule has 0 radical (unpaired) electrons. The normalized spacial score (nSPS) is 22.4. The van der Waals surface area contributed by atoms with Gasteiger partial charge in [-0.05, 0) is 37.8 Å². The average Bonchev–Trinajstić information content (AvgIpc) is 2.59. The number of hydrogen-bond donors (Lipinski definition) is 2. The zero-order chi connectivity index (χ0) is 16.7. The number of aryl methyl sites for hydroxylation is 1. The third-order valence-corrected chi connectivity index (χ3v) is 6.13. The van der Waals surface area contributed by atoms with E-state index in [-0.39, 0.29) is 24.0 Å². The van der Waals surface area contributed by atoms with Crippen molar-refractivity contribution in [2.45, 2.75) is 57.4 Å². The van der Waals surface area contributed by atoms with E-state index >= 15 is 0 Å². The summed E-state index contributed by atoms with van der Waals surface area (Å²) in [6.07, 6.45) is 6.10. The van der Waals surface area contributed by atoms with Gasteiger partial charge in [-0.25, -0.2) is 0 Å². The van der Waals surface area contributed by atoms with Crippen molar-refractivity contribution in [3.8, 4) is 0 Å². The Labute approximate surface area is 165 Å². The van der Waals surface area contributed by atoms with E-state index in [1.54, 1.807) is 7.05 Å². The summed E-state index contributed by atoms with van der Waals surface area (Å²) in [6, 6.07) is 4.36. The number of guanidine groups is 1. The van der Waals surface area contributed by atoms with Crippen LogP contribution in [0.4, 0.5) is 0 Å². The minimum atomic E-state index is -0.698. The second-order valence-electron chi connectivity index (χ2n) is 5.99. The fourth-order valence-corrected chi connectivity index (χ4v) is 4.36. The van der Waals surface area contributed by atoms with Gasteiger partial charge in [-0.2, -0.15) is 0 Å². The summed E-state index contributed by atoms with van der Waals surface area (Å²) < 4.78 is 12.0. The molecule has 1 aromatic heterocycles. The molecule has 1 saturated carbocycles. The van der Waals surface area contributed by atoms with Crippen LogP contribution in [-0.4, -0.2) is 39.2 Å². The smallest absolute Gasteiger partial charge is 0.191 e. The van der Waals surface area contributed by atoms with E-state index in [1.807, 2.05) is 19.2 Å². The van der Waals surface area contributed by atoms with E-state index in [0.717, 1.165) is 43.1 Å². The molecule has 1 aromatic rings. The standard InChI is InChI=1S/C17H28N4OS.HI/c1-4-23(22)15-9-5-8-14(11-15)21-17(18-3)20-12-16-13(2)7-6-10-19-16;/h6-7,10,14-15H,4-5,8-9,11-12H2,1-3H3,(H2,18,20,21);1H. The fourth-order valence-electron chi connectivity index (χ4n) is 3.01. The topological polar surface area (TPSA) is 66.4 Å². The van der Waals surface area contributed by atoms with Gasteiger partial charge in [-0.15, -0.1) is 24.0 Å². The first-order chi connectivity index (χ1) is 11.1. The molecule has 24 heavy (non-hydrogen) atoms. The van der Waals surface area contributed by atoms with Crippen LogP contribution < -0.4 is 10.6 Å². The Hall–Kier alpha value is -0.700. The molecular weight excluding hydrogens is 435 g/mol. The van der Waals surface area contributed by atoms with Crippen LogP contribution in [0.5, 0.6) is 0 Å². The molecule has 2 rings (SSSR count). The molecule has 0 amide bonds. The molecule has 1 aliphatic rings. The molecule has 136 valence electrons. The first kappa shape index (κ1) is 21.3. The Morgan fingerprint density at radius 1 is 1.46 bits per heavy atom. The highest BCUT2D eigenvalue weighted by molar-refractivity contribution is 14.0. The van der Waals surface area contributed by atoms with Crippen LogP contribution in [0.2, 0.25) is 0 Å². The van der Waals surface area contributed by atoms with E-state index in [4.69, 9.17) is 0 Å². The second kappa shape index (κ2) is 11.0. The molecule has 1 heterocycles. The quantitative estimate of drug-likeness (QED) is 0.400. The van der Waals surface area contributed by atoms with Gasteiger partial charge in [0.05, 0.1) is 12.2 Å². The lowest BCUT2D eigenvalue weighted by Crippen LogP contribution is -2.46. The maximum atomic E-state index is 12.0. The zero-order valence-corrected chi connectivity index (χ0v) is 17.9. The molecule has 7 heteroatoms. The van der Waals surface area contributed by atoms with Crippen LogP contribution in [0.25, 0.3) is 0 Å². The molecule has 0 aliphatic heterocycles.